The molecule has 1 N–H and O–H groups in total. The first-order valence-corrected chi connectivity index (χ1v) is 11.9. The van der Waals surface area contributed by atoms with Crippen LogP contribution in [-0.2, 0) is 4.79 Å². The number of aryl methyl sites for hydroxylation is 2. The van der Waals surface area contributed by atoms with E-state index in [9.17, 15) is 14.7 Å². The van der Waals surface area contributed by atoms with Crippen molar-refractivity contribution in [3.05, 3.63) is 86.8 Å². The lowest BCUT2D eigenvalue weighted by Crippen LogP contribution is -2.30. The first kappa shape index (κ1) is 21.4. The first-order chi connectivity index (χ1) is 15.9. The Bertz CT molecular complexity index is 1420. The number of hydrogen-bond acceptors (Lipinski definition) is 7. The number of thiophene rings is 1. The van der Waals surface area contributed by atoms with Crippen LogP contribution in [0.3, 0.4) is 0 Å². The molecule has 33 heavy (non-hydrogen) atoms. The van der Waals surface area contributed by atoms with Crippen LogP contribution in [0.15, 0.2) is 65.2 Å². The molecule has 1 aliphatic heterocycles. The molecule has 1 aliphatic rings. The summed E-state index contributed by atoms with van der Waals surface area (Å²) in [5.74, 6) is -0.891. The van der Waals surface area contributed by atoms with Crippen molar-refractivity contribution in [2.45, 2.75) is 19.9 Å². The summed E-state index contributed by atoms with van der Waals surface area (Å²) in [7, 11) is 1.57. The Morgan fingerprint density at radius 1 is 1.15 bits per heavy atom. The van der Waals surface area contributed by atoms with Crippen LogP contribution in [0.4, 0.5) is 5.13 Å². The largest absolute Gasteiger partial charge is 0.503 e. The zero-order valence-corrected chi connectivity index (χ0v) is 19.8. The van der Waals surface area contributed by atoms with Crippen LogP contribution in [0.2, 0.25) is 0 Å². The maximum atomic E-state index is 13.4. The van der Waals surface area contributed by atoms with Gasteiger partial charge in [0.05, 0.1) is 33.8 Å². The minimum absolute atomic E-state index is 0.0553. The number of hydrogen-bond donors (Lipinski definition) is 1. The first-order valence-electron chi connectivity index (χ1n) is 10.3. The molecule has 2 aromatic carbocycles. The van der Waals surface area contributed by atoms with Gasteiger partial charge in [-0.15, -0.1) is 11.3 Å². The van der Waals surface area contributed by atoms with Crippen molar-refractivity contribution in [2.75, 3.05) is 12.0 Å². The van der Waals surface area contributed by atoms with E-state index in [0.717, 1.165) is 21.3 Å². The van der Waals surface area contributed by atoms with E-state index in [1.807, 2.05) is 26.0 Å². The maximum Gasteiger partial charge on any atom is 0.296 e. The van der Waals surface area contributed by atoms with E-state index < -0.39 is 17.7 Å². The number of amides is 1. The number of fused-ring (bicyclic) bond motifs is 1. The number of carbonyl (C=O) groups excluding carboxylic acids is 2. The second kappa shape index (κ2) is 8.13. The minimum atomic E-state index is -0.806. The molecule has 0 saturated carbocycles. The number of aliphatic hydroxyl groups is 1. The zero-order valence-electron chi connectivity index (χ0n) is 18.2. The Hall–Kier alpha value is -3.49. The molecule has 0 aliphatic carbocycles. The quantitative estimate of drug-likeness (QED) is 0.370. The van der Waals surface area contributed by atoms with Crippen LogP contribution >= 0.6 is 22.7 Å². The fraction of sp³-hybridized carbons (Fsp3) is 0.160. The average Bonchev–Trinajstić information content (AvgIpc) is 3.53. The highest BCUT2D eigenvalue weighted by Crippen LogP contribution is 2.45. The number of methoxy groups -OCH3 is 1. The number of nitrogens with zero attached hydrogens (tertiary/aromatic N) is 2. The molecular weight excluding hydrogens is 456 g/mol. The van der Waals surface area contributed by atoms with Crippen LogP contribution in [0.5, 0.6) is 5.75 Å². The lowest BCUT2D eigenvalue weighted by atomic mass is 9.95. The number of Topliss-reactive ketones (excluding diaryl/α,β-unsaturated/α-hetero) is 1. The molecule has 0 bridgehead atoms. The second-order valence-electron chi connectivity index (χ2n) is 7.84. The smallest absolute Gasteiger partial charge is 0.296 e. The number of thiazole rings is 1. The van der Waals surface area contributed by atoms with Gasteiger partial charge in [0.25, 0.3) is 5.91 Å². The van der Waals surface area contributed by atoms with Crippen molar-refractivity contribution in [1.29, 1.82) is 0 Å². The van der Waals surface area contributed by atoms with Crippen molar-refractivity contribution < 1.29 is 19.4 Å². The van der Waals surface area contributed by atoms with Gasteiger partial charge >= 0.3 is 0 Å². The van der Waals surface area contributed by atoms with Crippen molar-refractivity contribution in [2.24, 2.45) is 0 Å². The molecule has 0 fully saturated rings. The third kappa shape index (κ3) is 3.51. The molecule has 2 aromatic heterocycles. The van der Waals surface area contributed by atoms with Gasteiger partial charge in [-0.05, 0) is 60.2 Å². The summed E-state index contributed by atoms with van der Waals surface area (Å²) in [5.41, 5.74) is 3.65. The lowest BCUT2D eigenvalue weighted by molar-refractivity contribution is -0.117. The fourth-order valence-corrected chi connectivity index (χ4v) is 5.98. The fourth-order valence-electron chi connectivity index (χ4n) is 4.14. The SMILES string of the molecule is COc1ccc([C@@H]2C(C(=O)c3cccs3)=C(O)C(=O)N2c2nc3c(C)cc(C)cc3s2)cc1. The predicted molar refractivity (Wildman–Crippen MR) is 131 cm³/mol. The van der Waals surface area contributed by atoms with Crippen molar-refractivity contribution in [1.82, 2.24) is 4.98 Å². The molecule has 166 valence electrons. The number of aromatic nitrogens is 1. The molecular formula is C25H20N2O4S2. The average molecular weight is 477 g/mol. The van der Waals surface area contributed by atoms with Gasteiger partial charge in [-0.25, -0.2) is 4.98 Å². The summed E-state index contributed by atoms with van der Waals surface area (Å²) in [5, 5.41) is 13.1. The summed E-state index contributed by atoms with van der Waals surface area (Å²) in [6, 6.07) is 13.9. The maximum absolute atomic E-state index is 13.4. The molecule has 1 amide bonds. The summed E-state index contributed by atoms with van der Waals surface area (Å²) in [6.07, 6.45) is 0. The number of ether oxygens (including phenoxy) is 1. The van der Waals surface area contributed by atoms with E-state index in [-0.39, 0.29) is 11.4 Å². The molecule has 6 nitrogen and oxygen atoms in total. The third-order valence-electron chi connectivity index (χ3n) is 5.65. The summed E-state index contributed by atoms with van der Waals surface area (Å²) in [6.45, 7) is 3.99. The Morgan fingerprint density at radius 3 is 2.58 bits per heavy atom. The molecule has 4 aromatic rings. The Balaban J connectivity index is 1.69. The summed E-state index contributed by atoms with van der Waals surface area (Å²) < 4.78 is 6.21. The predicted octanol–water partition coefficient (Wildman–Crippen LogP) is 5.77. The second-order valence-corrected chi connectivity index (χ2v) is 9.80. The molecule has 0 saturated heterocycles. The van der Waals surface area contributed by atoms with Gasteiger partial charge in [-0.2, -0.15) is 0 Å². The van der Waals surface area contributed by atoms with E-state index in [2.05, 4.69) is 0 Å². The summed E-state index contributed by atoms with van der Waals surface area (Å²) >= 11 is 2.64. The number of anilines is 1. The normalized spacial score (nSPS) is 16.2. The van der Waals surface area contributed by atoms with Gasteiger partial charge in [0, 0.05) is 0 Å². The monoisotopic (exact) mass is 476 g/mol. The Labute approximate surface area is 198 Å². The zero-order chi connectivity index (χ0) is 23.3. The highest BCUT2D eigenvalue weighted by molar-refractivity contribution is 7.22. The number of ketones is 1. The van der Waals surface area contributed by atoms with Crippen molar-refractivity contribution in [3.8, 4) is 5.75 Å². The van der Waals surface area contributed by atoms with Gasteiger partial charge in [-0.3, -0.25) is 14.5 Å². The number of aliphatic hydroxyl groups excluding tert-OH is 1. The van der Waals surface area contributed by atoms with E-state index in [4.69, 9.17) is 9.72 Å². The molecule has 0 unspecified atom stereocenters. The van der Waals surface area contributed by atoms with Gasteiger partial charge < -0.3 is 9.84 Å². The Morgan fingerprint density at radius 2 is 1.91 bits per heavy atom. The molecule has 5 rings (SSSR count). The molecule has 8 heteroatoms. The van der Waals surface area contributed by atoms with Crippen LogP contribution in [0.25, 0.3) is 10.2 Å². The topological polar surface area (TPSA) is 79.7 Å². The number of rotatable bonds is 5. The van der Waals surface area contributed by atoms with E-state index in [0.29, 0.717) is 21.3 Å². The van der Waals surface area contributed by atoms with Crippen molar-refractivity contribution in [3.63, 3.8) is 0 Å². The van der Waals surface area contributed by atoms with Crippen LogP contribution < -0.4 is 9.64 Å². The third-order valence-corrected chi connectivity index (χ3v) is 7.52. The molecule has 0 radical (unpaired) electrons. The molecule has 0 spiro atoms. The molecule has 3 heterocycles. The summed E-state index contributed by atoms with van der Waals surface area (Å²) in [4.78, 5) is 33.4. The van der Waals surface area contributed by atoms with E-state index in [1.54, 1.807) is 48.9 Å². The van der Waals surface area contributed by atoms with Gasteiger partial charge in [0.2, 0.25) is 5.78 Å². The van der Waals surface area contributed by atoms with E-state index >= 15 is 0 Å². The van der Waals surface area contributed by atoms with Crippen molar-refractivity contribution >= 4 is 49.7 Å². The highest BCUT2D eigenvalue weighted by Gasteiger charge is 2.46. The number of benzene rings is 2. The van der Waals surface area contributed by atoms with Crippen LogP contribution in [-0.4, -0.2) is 28.9 Å². The minimum Gasteiger partial charge on any atom is -0.503 e. The van der Waals surface area contributed by atoms with Gasteiger partial charge in [0.15, 0.2) is 10.9 Å². The van der Waals surface area contributed by atoms with Crippen LogP contribution in [0, 0.1) is 13.8 Å². The number of carbonyl (C=O) groups is 2. The van der Waals surface area contributed by atoms with E-state index in [1.165, 1.54) is 27.6 Å². The van der Waals surface area contributed by atoms with Gasteiger partial charge in [-0.1, -0.05) is 35.6 Å². The highest BCUT2D eigenvalue weighted by atomic mass is 32.1. The molecule has 1 atom stereocenters. The standard InChI is InChI=1S/C25H20N2O4S2/c1-13-11-14(2)20-18(12-13)33-25(26-20)27-21(15-6-8-16(31-3)9-7-15)19(23(29)24(27)30)22(28)17-5-4-10-32-17/h4-12,21,29H,1-3H3/t21-/m1/s1. The van der Waals surface area contributed by atoms with Gasteiger partial charge in [0.1, 0.15) is 5.75 Å². The lowest BCUT2D eigenvalue weighted by Gasteiger charge is -2.24. The van der Waals surface area contributed by atoms with Crippen LogP contribution in [0.1, 0.15) is 32.4 Å². The Kier molecular flexibility index (Phi) is 5.26.